The Bertz CT molecular complexity index is 847. The lowest BCUT2D eigenvalue weighted by Gasteiger charge is -2.15. The normalized spacial score (nSPS) is 15.6. The van der Waals surface area contributed by atoms with Crippen molar-refractivity contribution in [2.24, 2.45) is 0 Å². The van der Waals surface area contributed by atoms with Crippen molar-refractivity contribution < 1.29 is 22.7 Å². The third-order valence-corrected chi connectivity index (χ3v) is 5.51. The highest BCUT2D eigenvalue weighted by Gasteiger charge is 2.18. The van der Waals surface area contributed by atoms with Crippen molar-refractivity contribution in [1.82, 2.24) is 10.0 Å². The van der Waals surface area contributed by atoms with Crippen LogP contribution in [0.4, 0.5) is 0 Å². The van der Waals surface area contributed by atoms with E-state index < -0.39 is 34.5 Å². The molecule has 0 saturated carbocycles. The molecule has 1 aliphatic rings. The van der Waals surface area contributed by atoms with Gasteiger partial charge in [-0.25, -0.2) is 13.1 Å². The van der Waals surface area contributed by atoms with Crippen molar-refractivity contribution >= 4 is 28.0 Å². The van der Waals surface area contributed by atoms with E-state index in [-0.39, 0.29) is 0 Å². The lowest BCUT2D eigenvalue weighted by Crippen LogP contribution is -2.38. The van der Waals surface area contributed by atoms with Crippen molar-refractivity contribution in [3.8, 4) is 0 Å². The number of carbonyl (C=O) groups is 2. The first-order valence-electron chi connectivity index (χ1n) is 9.73. The van der Waals surface area contributed by atoms with Crippen LogP contribution in [0.2, 0.25) is 0 Å². The van der Waals surface area contributed by atoms with Gasteiger partial charge in [-0.05, 0) is 50.7 Å². The van der Waals surface area contributed by atoms with Gasteiger partial charge in [0, 0.05) is 12.0 Å². The summed E-state index contributed by atoms with van der Waals surface area (Å²) in [5.41, 5.74) is 2.06. The van der Waals surface area contributed by atoms with Gasteiger partial charge in [0.2, 0.25) is 10.0 Å². The molecule has 0 aromatic heterocycles. The summed E-state index contributed by atoms with van der Waals surface area (Å²) in [7, 11) is -3.80. The largest absolute Gasteiger partial charge is 0.452 e. The molecule has 1 atom stereocenters. The number of nitrogens with one attached hydrogen (secondary N) is 2. The number of benzene rings is 1. The quantitative estimate of drug-likeness (QED) is 0.447. The molecule has 0 radical (unpaired) electrons. The van der Waals surface area contributed by atoms with E-state index in [9.17, 15) is 18.0 Å². The average molecular weight is 421 g/mol. The molecule has 0 saturated heterocycles. The molecule has 2 N–H and O–H groups in total. The number of rotatable bonds is 10. The summed E-state index contributed by atoms with van der Waals surface area (Å²) < 4.78 is 31.0. The maximum atomic E-state index is 12.0. The molecule has 0 bridgehead atoms. The van der Waals surface area contributed by atoms with Gasteiger partial charge >= 0.3 is 5.97 Å². The van der Waals surface area contributed by atoms with Gasteiger partial charge in [-0.1, -0.05) is 42.0 Å². The van der Waals surface area contributed by atoms with Crippen LogP contribution in [-0.2, 0) is 24.3 Å². The molecule has 29 heavy (non-hydrogen) atoms. The number of hydrogen-bond acceptors (Lipinski definition) is 5. The minimum atomic E-state index is -3.80. The van der Waals surface area contributed by atoms with Gasteiger partial charge in [0.1, 0.15) is 6.54 Å². The number of allylic oxidation sites excluding steroid dienone is 1. The van der Waals surface area contributed by atoms with Crippen LogP contribution < -0.4 is 10.0 Å². The molecule has 1 aromatic carbocycles. The standard InChI is InChI=1S/C21H28N2O5S/c1-17(21(25)22-14-12-18-8-4-2-5-9-18)28-20(24)16-23-29(26,27)15-13-19-10-6-3-7-11-19/h3,6-8,10-11,13,15,17,23H,2,4-5,9,12,14,16H2,1H3,(H,22,25)/b15-13+/t17-/m1/s1. The van der Waals surface area contributed by atoms with Crippen LogP contribution in [0.25, 0.3) is 6.08 Å². The molecule has 2 rings (SSSR count). The lowest BCUT2D eigenvalue weighted by atomic mass is 9.97. The Morgan fingerprint density at radius 3 is 2.66 bits per heavy atom. The molecular formula is C21H28N2O5S. The van der Waals surface area contributed by atoms with Crippen molar-refractivity contribution in [2.45, 2.75) is 45.1 Å². The minimum Gasteiger partial charge on any atom is -0.452 e. The monoisotopic (exact) mass is 420 g/mol. The van der Waals surface area contributed by atoms with Crippen LogP contribution >= 0.6 is 0 Å². The highest BCUT2D eigenvalue weighted by Crippen LogP contribution is 2.19. The van der Waals surface area contributed by atoms with Crippen LogP contribution in [-0.4, -0.2) is 39.5 Å². The maximum Gasteiger partial charge on any atom is 0.321 e. The first kappa shape index (κ1) is 22.8. The Labute approximate surface area is 172 Å². The predicted octanol–water partition coefficient (Wildman–Crippen LogP) is 2.52. The van der Waals surface area contributed by atoms with Crippen LogP contribution in [0.3, 0.4) is 0 Å². The Morgan fingerprint density at radius 2 is 1.97 bits per heavy atom. The van der Waals surface area contributed by atoms with E-state index in [1.807, 2.05) is 6.07 Å². The zero-order valence-corrected chi connectivity index (χ0v) is 17.4. The molecule has 0 spiro atoms. The van der Waals surface area contributed by atoms with Crippen molar-refractivity contribution in [2.75, 3.05) is 13.1 Å². The fraction of sp³-hybridized carbons (Fsp3) is 0.429. The van der Waals surface area contributed by atoms with E-state index in [2.05, 4.69) is 16.1 Å². The van der Waals surface area contributed by atoms with Crippen LogP contribution in [0, 0.1) is 0 Å². The molecule has 158 valence electrons. The molecule has 7 nitrogen and oxygen atoms in total. The van der Waals surface area contributed by atoms with Crippen molar-refractivity contribution in [3.05, 3.63) is 53.0 Å². The molecule has 1 aromatic rings. The Morgan fingerprint density at radius 1 is 1.21 bits per heavy atom. The summed E-state index contributed by atoms with van der Waals surface area (Å²) >= 11 is 0. The number of amides is 1. The third kappa shape index (κ3) is 9.06. The van der Waals surface area contributed by atoms with E-state index in [1.165, 1.54) is 31.4 Å². The number of carbonyl (C=O) groups excluding carboxylic acids is 2. The van der Waals surface area contributed by atoms with E-state index in [0.29, 0.717) is 6.54 Å². The van der Waals surface area contributed by atoms with Gasteiger partial charge in [0.15, 0.2) is 6.10 Å². The maximum absolute atomic E-state index is 12.0. The summed E-state index contributed by atoms with van der Waals surface area (Å²) in [6, 6.07) is 8.91. The van der Waals surface area contributed by atoms with Crippen molar-refractivity contribution in [1.29, 1.82) is 0 Å². The second kappa shape index (κ2) is 11.5. The van der Waals surface area contributed by atoms with Crippen molar-refractivity contribution in [3.63, 3.8) is 0 Å². The van der Waals surface area contributed by atoms with Crippen LogP contribution in [0.1, 0.15) is 44.6 Å². The number of esters is 1. The van der Waals surface area contributed by atoms with Gasteiger partial charge in [0.05, 0.1) is 0 Å². The van der Waals surface area contributed by atoms with Gasteiger partial charge in [-0.2, -0.15) is 0 Å². The summed E-state index contributed by atoms with van der Waals surface area (Å²) in [5, 5.41) is 3.72. The topological polar surface area (TPSA) is 102 Å². The number of sulfonamides is 1. The predicted molar refractivity (Wildman–Crippen MR) is 112 cm³/mol. The zero-order valence-electron chi connectivity index (χ0n) is 16.6. The van der Waals surface area contributed by atoms with Gasteiger partial charge in [-0.3, -0.25) is 9.59 Å². The van der Waals surface area contributed by atoms with Crippen LogP contribution in [0.5, 0.6) is 0 Å². The Balaban J connectivity index is 1.69. The second-order valence-corrected chi connectivity index (χ2v) is 8.51. The van der Waals surface area contributed by atoms with E-state index in [1.54, 1.807) is 24.3 Å². The molecular weight excluding hydrogens is 392 g/mol. The van der Waals surface area contributed by atoms with E-state index >= 15 is 0 Å². The smallest absolute Gasteiger partial charge is 0.321 e. The SMILES string of the molecule is C[C@@H](OC(=O)CNS(=O)(=O)/C=C/c1ccccc1)C(=O)NCCC1=CCCCC1. The Hall–Kier alpha value is -2.45. The summed E-state index contributed by atoms with van der Waals surface area (Å²) in [6.45, 7) is 1.40. The summed E-state index contributed by atoms with van der Waals surface area (Å²) in [6.07, 6.45) is 8.00. The fourth-order valence-corrected chi connectivity index (χ4v) is 3.61. The van der Waals surface area contributed by atoms with Gasteiger partial charge in [0.25, 0.3) is 5.91 Å². The molecule has 0 aliphatic heterocycles. The molecule has 0 heterocycles. The van der Waals surface area contributed by atoms with Crippen LogP contribution in [0.15, 0.2) is 47.4 Å². The summed E-state index contributed by atoms with van der Waals surface area (Å²) in [5.74, 6) is -1.22. The first-order chi connectivity index (χ1) is 13.9. The molecule has 0 fully saturated rings. The summed E-state index contributed by atoms with van der Waals surface area (Å²) in [4.78, 5) is 23.9. The highest BCUT2D eigenvalue weighted by atomic mass is 32.2. The minimum absolute atomic E-state index is 0.401. The molecule has 0 unspecified atom stereocenters. The lowest BCUT2D eigenvalue weighted by molar-refractivity contribution is -0.153. The van der Waals surface area contributed by atoms with E-state index in [0.717, 1.165) is 30.2 Å². The van der Waals surface area contributed by atoms with Gasteiger partial charge in [-0.15, -0.1) is 0 Å². The number of ether oxygens (including phenoxy) is 1. The first-order valence-corrected chi connectivity index (χ1v) is 11.3. The zero-order chi connectivity index (χ0) is 21.1. The molecule has 1 amide bonds. The Kier molecular flexibility index (Phi) is 9.08. The second-order valence-electron chi connectivity index (χ2n) is 6.86. The van der Waals surface area contributed by atoms with Gasteiger partial charge < -0.3 is 10.1 Å². The average Bonchev–Trinajstić information content (AvgIpc) is 2.72. The molecule has 8 heteroatoms. The highest BCUT2D eigenvalue weighted by molar-refractivity contribution is 7.92. The number of hydrogen-bond donors (Lipinski definition) is 2. The third-order valence-electron chi connectivity index (χ3n) is 4.46. The molecule has 1 aliphatic carbocycles. The van der Waals surface area contributed by atoms with E-state index in [4.69, 9.17) is 4.74 Å². The fourth-order valence-electron chi connectivity index (χ4n) is 2.85.